The van der Waals surface area contributed by atoms with E-state index >= 15 is 0 Å². The van der Waals surface area contributed by atoms with Gasteiger partial charge in [-0.1, -0.05) is 22.6 Å². The molecule has 0 unspecified atom stereocenters. The largest absolute Gasteiger partial charge is 0.464 e. The minimum Gasteiger partial charge on any atom is -0.464 e. The molecule has 0 radical (unpaired) electrons. The summed E-state index contributed by atoms with van der Waals surface area (Å²) in [7, 11) is -4.12. The van der Waals surface area contributed by atoms with Crippen molar-refractivity contribution in [2.24, 2.45) is 5.92 Å². The fourth-order valence-electron chi connectivity index (χ4n) is 2.07. The third-order valence-corrected chi connectivity index (χ3v) is 4.48. The SMILES string of the molecule is CC(C)(I)C(=O)OC1CCC(C(=O)OCCS(=O)(=O)O)CC1. The maximum atomic E-state index is 11.8. The van der Waals surface area contributed by atoms with Gasteiger partial charge in [0.1, 0.15) is 21.9 Å². The van der Waals surface area contributed by atoms with Gasteiger partial charge in [0, 0.05) is 0 Å². The molecule has 22 heavy (non-hydrogen) atoms. The zero-order valence-corrected chi connectivity index (χ0v) is 15.6. The van der Waals surface area contributed by atoms with Gasteiger partial charge >= 0.3 is 11.9 Å². The topological polar surface area (TPSA) is 107 Å². The third-order valence-electron chi connectivity index (χ3n) is 3.35. The monoisotopic (exact) mass is 448 g/mol. The van der Waals surface area contributed by atoms with Crippen LogP contribution in [0.1, 0.15) is 39.5 Å². The van der Waals surface area contributed by atoms with E-state index in [0.717, 1.165) is 0 Å². The molecule has 0 amide bonds. The average Bonchev–Trinajstić information content (AvgIpc) is 2.36. The molecule has 0 aliphatic heterocycles. The molecule has 0 aromatic rings. The Bertz CT molecular complexity index is 501. The van der Waals surface area contributed by atoms with Crippen molar-refractivity contribution < 1.29 is 32.0 Å². The first-order valence-corrected chi connectivity index (χ1v) is 9.69. The van der Waals surface area contributed by atoms with Crippen LogP contribution in [0.25, 0.3) is 0 Å². The van der Waals surface area contributed by atoms with Crippen molar-refractivity contribution in [3.05, 3.63) is 0 Å². The molecule has 1 fully saturated rings. The average molecular weight is 448 g/mol. The van der Waals surface area contributed by atoms with E-state index in [1.165, 1.54) is 0 Å². The van der Waals surface area contributed by atoms with Crippen LogP contribution in [-0.2, 0) is 29.2 Å². The van der Waals surface area contributed by atoms with Crippen LogP contribution in [0.15, 0.2) is 0 Å². The molecule has 0 atom stereocenters. The normalized spacial score (nSPS) is 22.9. The minimum absolute atomic E-state index is 0.191. The zero-order valence-electron chi connectivity index (χ0n) is 12.6. The fourth-order valence-corrected chi connectivity index (χ4v) is 2.49. The Morgan fingerprint density at radius 2 is 1.77 bits per heavy atom. The molecule has 0 spiro atoms. The van der Waals surface area contributed by atoms with Gasteiger partial charge in [-0.3, -0.25) is 14.1 Å². The van der Waals surface area contributed by atoms with Crippen LogP contribution in [0.2, 0.25) is 0 Å². The quantitative estimate of drug-likeness (QED) is 0.286. The van der Waals surface area contributed by atoms with Gasteiger partial charge < -0.3 is 9.47 Å². The van der Waals surface area contributed by atoms with E-state index in [-0.39, 0.29) is 24.6 Å². The van der Waals surface area contributed by atoms with Gasteiger partial charge in [-0.2, -0.15) is 8.42 Å². The van der Waals surface area contributed by atoms with E-state index in [9.17, 15) is 18.0 Å². The highest BCUT2D eigenvalue weighted by Gasteiger charge is 2.32. The Morgan fingerprint density at radius 3 is 2.23 bits per heavy atom. The van der Waals surface area contributed by atoms with Crippen LogP contribution in [0.4, 0.5) is 0 Å². The molecular formula is C13H21IO7S. The lowest BCUT2D eigenvalue weighted by Crippen LogP contribution is -2.34. The van der Waals surface area contributed by atoms with Crippen LogP contribution in [0.3, 0.4) is 0 Å². The molecule has 1 rings (SSSR count). The van der Waals surface area contributed by atoms with Crippen molar-refractivity contribution in [1.29, 1.82) is 0 Å². The lowest BCUT2D eigenvalue weighted by Gasteiger charge is -2.28. The highest BCUT2D eigenvalue weighted by molar-refractivity contribution is 14.1. The smallest absolute Gasteiger partial charge is 0.321 e. The van der Waals surface area contributed by atoms with E-state index < -0.39 is 25.3 Å². The first-order chi connectivity index (χ1) is 9.99. The Balaban J connectivity index is 2.33. The number of carbonyl (C=O) groups is 2. The molecule has 1 N–H and O–H groups in total. The second-order valence-electron chi connectivity index (χ2n) is 5.80. The molecule has 0 bridgehead atoms. The number of alkyl halides is 1. The predicted molar refractivity (Wildman–Crippen MR) is 87.3 cm³/mol. The maximum absolute atomic E-state index is 11.8. The third kappa shape index (κ3) is 7.23. The van der Waals surface area contributed by atoms with Crippen molar-refractivity contribution in [3.63, 3.8) is 0 Å². The predicted octanol–water partition coefficient (Wildman–Crippen LogP) is 1.73. The second-order valence-corrected chi connectivity index (χ2v) is 10.1. The number of rotatable bonds is 6. The Kier molecular flexibility index (Phi) is 7.06. The fraction of sp³-hybridized carbons (Fsp3) is 0.846. The van der Waals surface area contributed by atoms with Crippen molar-refractivity contribution in [2.45, 2.75) is 49.1 Å². The van der Waals surface area contributed by atoms with E-state index in [1.807, 2.05) is 22.6 Å². The number of carbonyl (C=O) groups excluding carboxylic acids is 2. The Hall–Kier alpha value is -0.420. The van der Waals surface area contributed by atoms with E-state index in [1.54, 1.807) is 13.8 Å². The molecule has 128 valence electrons. The van der Waals surface area contributed by atoms with Crippen LogP contribution in [0, 0.1) is 5.92 Å². The van der Waals surface area contributed by atoms with Crippen LogP contribution in [-0.4, -0.2) is 46.8 Å². The van der Waals surface area contributed by atoms with Gasteiger partial charge in [-0.15, -0.1) is 0 Å². The van der Waals surface area contributed by atoms with Crippen molar-refractivity contribution in [1.82, 2.24) is 0 Å². The molecule has 1 aliphatic carbocycles. The van der Waals surface area contributed by atoms with Crippen molar-refractivity contribution in [2.75, 3.05) is 12.4 Å². The molecule has 0 aromatic carbocycles. The summed E-state index contributed by atoms with van der Waals surface area (Å²) in [5.41, 5.74) is 0. The van der Waals surface area contributed by atoms with Gasteiger partial charge in [-0.05, 0) is 39.5 Å². The molecule has 0 aromatic heterocycles. The van der Waals surface area contributed by atoms with E-state index in [0.29, 0.717) is 25.7 Å². The van der Waals surface area contributed by atoms with Gasteiger partial charge in [-0.25, -0.2) is 0 Å². The lowest BCUT2D eigenvalue weighted by atomic mass is 9.87. The summed E-state index contributed by atoms with van der Waals surface area (Å²) in [4.78, 5) is 23.5. The molecule has 1 aliphatic rings. The maximum Gasteiger partial charge on any atom is 0.321 e. The number of hydrogen-bond donors (Lipinski definition) is 1. The summed E-state index contributed by atoms with van der Waals surface area (Å²) in [5.74, 6) is -1.66. The van der Waals surface area contributed by atoms with Crippen LogP contribution in [0.5, 0.6) is 0 Å². The summed E-state index contributed by atoms with van der Waals surface area (Å²) >= 11 is 2.02. The number of halogens is 1. The molecule has 1 saturated carbocycles. The lowest BCUT2D eigenvalue weighted by molar-refractivity contribution is -0.155. The summed E-state index contributed by atoms with van der Waals surface area (Å²) in [6, 6.07) is 0. The summed E-state index contributed by atoms with van der Waals surface area (Å²) in [5, 5.41) is 0. The molecule has 0 saturated heterocycles. The number of ether oxygens (including phenoxy) is 2. The van der Waals surface area contributed by atoms with Crippen LogP contribution >= 0.6 is 22.6 Å². The number of hydrogen-bond acceptors (Lipinski definition) is 6. The summed E-state index contributed by atoms with van der Waals surface area (Å²) in [6.07, 6.45) is 2.03. The molecule has 7 nitrogen and oxygen atoms in total. The zero-order chi connectivity index (χ0) is 17.0. The Morgan fingerprint density at radius 1 is 1.23 bits per heavy atom. The van der Waals surface area contributed by atoms with Crippen molar-refractivity contribution >= 4 is 44.6 Å². The molecule has 0 heterocycles. The van der Waals surface area contributed by atoms with Crippen molar-refractivity contribution in [3.8, 4) is 0 Å². The van der Waals surface area contributed by atoms with Gasteiger partial charge in [0.15, 0.2) is 0 Å². The standard InChI is InChI=1S/C13H21IO7S/c1-13(2,14)12(16)21-10-5-3-9(4-6-10)11(15)20-7-8-22(17,18)19/h9-10H,3-8H2,1-2H3,(H,17,18,19). The summed E-state index contributed by atoms with van der Waals surface area (Å²) in [6.45, 7) is 3.19. The summed E-state index contributed by atoms with van der Waals surface area (Å²) < 4.78 is 39.3. The minimum atomic E-state index is -4.12. The highest BCUT2D eigenvalue weighted by Crippen LogP contribution is 2.29. The second kappa shape index (κ2) is 7.91. The molecule has 9 heteroatoms. The van der Waals surface area contributed by atoms with E-state index in [2.05, 4.69) is 0 Å². The van der Waals surface area contributed by atoms with Gasteiger partial charge in [0.05, 0.1) is 5.92 Å². The molecular weight excluding hydrogens is 427 g/mol. The van der Waals surface area contributed by atoms with E-state index in [4.69, 9.17) is 14.0 Å². The number of esters is 2. The van der Waals surface area contributed by atoms with Gasteiger partial charge in [0.2, 0.25) is 0 Å². The van der Waals surface area contributed by atoms with Crippen LogP contribution < -0.4 is 0 Å². The first kappa shape index (κ1) is 19.6. The first-order valence-electron chi connectivity index (χ1n) is 7.01. The van der Waals surface area contributed by atoms with Gasteiger partial charge in [0.25, 0.3) is 10.1 Å². The Labute approximate surface area is 144 Å². The highest BCUT2D eigenvalue weighted by atomic mass is 127.